The van der Waals surface area contributed by atoms with Gasteiger partial charge in [0.15, 0.2) is 6.61 Å². The van der Waals surface area contributed by atoms with E-state index in [0.717, 1.165) is 10.8 Å². The van der Waals surface area contributed by atoms with Gasteiger partial charge in [-0.05, 0) is 23.6 Å². The van der Waals surface area contributed by atoms with Crippen molar-refractivity contribution >= 4 is 33.6 Å². The Hall–Kier alpha value is -3.35. The van der Waals surface area contributed by atoms with Gasteiger partial charge in [0, 0.05) is 30.4 Å². The smallest absolute Gasteiger partial charge is 0.344 e. The van der Waals surface area contributed by atoms with Crippen LogP contribution in [-0.2, 0) is 9.59 Å². The van der Waals surface area contributed by atoms with Crippen LogP contribution in [-0.4, -0.2) is 25.0 Å². The summed E-state index contributed by atoms with van der Waals surface area (Å²) in [6, 6.07) is 12.1. The van der Waals surface area contributed by atoms with Crippen molar-refractivity contribution in [2.75, 3.05) is 13.2 Å². The number of hydrogen-bond donors (Lipinski definition) is 1. The average Bonchev–Trinajstić information content (AvgIpc) is 2.59. The first-order valence-electron chi connectivity index (χ1n) is 7.59. The van der Waals surface area contributed by atoms with E-state index in [1.54, 1.807) is 24.3 Å². The maximum absolute atomic E-state index is 12.0. The molecule has 0 radical (unpaired) electrons. The second kappa shape index (κ2) is 7.04. The zero-order valence-corrected chi connectivity index (χ0v) is 13.1. The Balaban J connectivity index is 1.76. The van der Waals surface area contributed by atoms with Crippen LogP contribution in [0.2, 0.25) is 0 Å². The Bertz CT molecular complexity index is 1010. The Morgan fingerprint density at radius 1 is 1.08 bits per heavy atom. The maximum atomic E-state index is 12.0. The van der Waals surface area contributed by atoms with E-state index in [2.05, 4.69) is 5.32 Å². The topological polar surface area (TPSA) is 109 Å². The molecule has 25 heavy (non-hydrogen) atoms. The molecule has 1 amide bonds. The fraction of sp³-hybridized carbons (Fsp3) is 0.167. The van der Waals surface area contributed by atoms with Crippen molar-refractivity contribution < 1.29 is 23.8 Å². The molecule has 0 aliphatic rings. The molecule has 7 heteroatoms. The molecular formula is C18H14NO6-. The van der Waals surface area contributed by atoms with Gasteiger partial charge in [-0.25, -0.2) is 4.79 Å². The lowest BCUT2D eigenvalue weighted by molar-refractivity contribution is -0.305. The SMILES string of the molecule is O=C([O-])CCNC(=O)COc1ccc2c(c1)oc(=O)c1ccccc12. The van der Waals surface area contributed by atoms with E-state index in [-0.39, 0.29) is 19.6 Å². The number of ether oxygens (including phenoxy) is 1. The number of carbonyl (C=O) groups excluding carboxylic acids is 2. The van der Waals surface area contributed by atoms with Gasteiger partial charge in [0.2, 0.25) is 0 Å². The molecular weight excluding hydrogens is 326 g/mol. The summed E-state index contributed by atoms with van der Waals surface area (Å²) in [7, 11) is 0. The molecule has 3 aromatic rings. The predicted octanol–water partition coefficient (Wildman–Crippen LogP) is 0.581. The van der Waals surface area contributed by atoms with Crippen LogP contribution in [0.25, 0.3) is 21.7 Å². The van der Waals surface area contributed by atoms with Crippen molar-refractivity contribution in [3.05, 3.63) is 52.9 Å². The van der Waals surface area contributed by atoms with Gasteiger partial charge in [-0.1, -0.05) is 18.2 Å². The normalized spacial score (nSPS) is 10.7. The van der Waals surface area contributed by atoms with Crippen molar-refractivity contribution in [1.82, 2.24) is 5.32 Å². The van der Waals surface area contributed by atoms with Crippen molar-refractivity contribution in [3.63, 3.8) is 0 Å². The van der Waals surface area contributed by atoms with Crippen LogP contribution in [0.4, 0.5) is 0 Å². The number of benzene rings is 2. The molecule has 1 N–H and O–H groups in total. The molecule has 0 atom stereocenters. The van der Waals surface area contributed by atoms with Crippen molar-refractivity contribution in [2.45, 2.75) is 6.42 Å². The van der Waals surface area contributed by atoms with Crippen LogP contribution >= 0.6 is 0 Å². The number of fused-ring (bicyclic) bond motifs is 3. The number of hydrogen-bond acceptors (Lipinski definition) is 6. The van der Waals surface area contributed by atoms with Crippen molar-refractivity contribution in [3.8, 4) is 5.75 Å². The van der Waals surface area contributed by atoms with Gasteiger partial charge in [-0.3, -0.25) is 4.79 Å². The maximum Gasteiger partial charge on any atom is 0.344 e. The number of carbonyl (C=O) groups is 2. The van der Waals surface area contributed by atoms with Crippen LogP contribution in [0.15, 0.2) is 51.7 Å². The van der Waals surface area contributed by atoms with Crippen molar-refractivity contribution in [1.29, 1.82) is 0 Å². The summed E-state index contributed by atoms with van der Waals surface area (Å²) < 4.78 is 10.7. The van der Waals surface area contributed by atoms with Crippen LogP contribution < -0.4 is 20.8 Å². The molecule has 1 heterocycles. The number of rotatable bonds is 6. The van der Waals surface area contributed by atoms with Gasteiger partial charge < -0.3 is 24.4 Å². The second-order valence-electron chi connectivity index (χ2n) is 5.35. The van der Waals surface area contributed by atoms with Gasteiger partial charge in [0.1, 0.15) is 11.3 Å². The minimum absolute atomic E-state index is 0.0247. The highest BCUT2D eigenvalue weighted by molar-refractivity contribution is 6.04. The average molecular weight is 340 g/mol. The largest absolute Gasteiger partial charge is 0.550 e. The summed E-state index contributed by atoms with van der Waals surface area (Å²) in [5.74, 6) is -1.33. The highest BCUT2D eigenvalue weighted by Crippen LogP contribution is 2.26. The minimum atomic E-state index is -1.24. The molecule has 0 bridgehead atoms. The lowest BCUT2D eigenvalue weighted by Gasteiger charge is -2.09. The highest BCUT2D eigenvalue weighted by atomic mass is 16.5. The number of carboxylic acids is 1. The fourth-order valence-electron chi connectivity index (χ4n) is 2.45. The van der Waals surface area contributed by atoms with E-state index in [1.807, 2.05) is 12.1 Å². The summed E-state index contributed by atoms with van der Waals surface area (Å²) in [5.41, 5.74) is -0.0844. The molecule has 2 aromatic carbocycles. The standard InChI is InChI=1S/C18H15NO6/c20-16(19-8-7-17(21)22)10-24-11-5-6-13-12-3-1-2-4-14(12)18(23)25-15(13)9-11/h1-6,9H,7-8,10H2,(H,19,20)(H,21,22)/p-1. The van der Waals surface area contributed by atoms with Gasteiger partial charge in [0.25, 0.3) is 5.91 Å². The summed E-state index contributed by atoms with van der Waals surface area (Å²) in [6.45, 7) is -0.306. The number of nitrogens with one attached hydrogen (secondary N) is 1. The molecule has 128 valence electrons. The van der Waals surface area contributed by atoms with Crippen LogP contribution in [0.1, 0.15) is 6.42 Å². The van der Waals surface area contributed by atoms with E-state index in [1.165, 1.54) is 6.07 Å². The quantitative estimate of drug-likeness (QED) is 0.519. The zero-order chi connectivity index (χ0) is 17.8. The third-order valence-electron chi connectivity index (χ3n) is 3.61. The van der Waals surface area contributed by atoms with Crippen LogP contribution in [0.3, 0.4) is 0 Å². The summed E-state index contributed by atoms with van der Waals surface area (Å²) >= 11 is 0. The molecule has 0 fully saturated rings. The Kier molecular flexibility index (Phi) is 4.65. The molecule has 0 spiro atoms. The van der Waals surface area contributed by atoms with Gasteiger partial charge in [0.05, 0.1) is 5.39 Å². The first-order valence-corrected chi connectivity index (χ1v) is 7.59. The highest BCUT2D eigenvalue weighted by Gasteiger charge is 2.09. The molecule has 0 aliphatic heterocycles. The van der Waals surface area contributed by atoms with Crippen LogP contribution in [0.5, 0.6) is 5.75 Å². The predicted molar refractivity (Wildman–Crippen MR) is 88.1 cm³/mol. The van der Waals surface area contributed by atoms with E-state index in [4.69, 9.17) is 9.15 Å². The lowest BCUT2D eigenvalue weighted by atomic mass is 10.1. The lowest BCUT2D eigenvalue weighted by Crippen LogP contribution is -2.33. The molecule has 1 aromatic heterocycles. The zero-order valence-electron chi connectivity index (χ0n) is 13.1. The first kappa shape index (κ1) is 16.5. The molecule has 0 unspecified atom stereocenters. The number of carboxylic acid groups (broad SMARTS) is 1. The Labute approximate surface area is 141 Å². The van der Waals surface area contributed by atoms with Gasteiger partial charge in [-0.2, -0.15) is 0 Å². The van der Waals surface area contributed by atoms with E-state index in [0.29, 0.717) is 16.7 Å². The number of aliphatic carboxylic acids is 1. The molecule has 0 aliphatic carbocycles. The van der Waals surface area contributed by atoms with E-state index >= 15 is 0 Å². The minimum Gasteiger partial charge on any atom is -0.550 e. The summed E-state index contributed by atoms with van der Waals surface area (Å²) in [4.78, 5) is 33.9. The Morgan fingerprint density at radius 3 is 2.60 bits per heavy atom. The molecule has 0 saturated heterocycles. The molecule has 7 nitrogen and oxygen atoms in total. The fourth-order valence-corrected chi connectivity index (χ4v) is 2.45. The van der Waals surface area contributed by atoms with E-state index in [9.17, 15) is 19.5 Å². The van der Waals surface area contributed by atoms with Crippen molar-refractivity contribution in [2.24, 2.45) is 0 Å². The molecule has 3 rings (SSSR count). The third-order valence-corrected chi connectivity index (χ3v) is 3.61. The first-order chi connectivity index (χ1) is 12.0. The third kappa shape index (κ3) is 3.77. The summed E-state index contributed by atoms with van der Waals surface area (Å²) in [5, 5.41) is 14.7. The molecule has 0 saturated carbocycles. The van der Waals surface area contributed by atoms with E-state index < -0.39 is 17.5 Å². The van der Waals surface area contributed by atoms with Crippen LogP contribution in [0, 0.1) is 0 Å². The monoisotopic (exact) mass is 340 g/mol. The second-order valence-corrected chi connectivity index (χ2v) is 5.35. The van der Waals surface area contributed by atoms with Gasteiger partial charge in [-0.15, -0.1) is 0 Å². The number of amides is 1. The summed E-state index contributed by atoms with van der Waals surface area (Å²) in [6.07, 6.45) is -0.264. The Morgan fingerprint density at radius 2 is 1.84 bits per heavy atom. The van der Waals surface area contributed by atoms with Gasteiger partial charge >= 0.3 is 5.63 Å².